The van der Waals surface area contributed by atoms with Crippen LogP contribution in [0.25, 0.3) is 100 Å². The first-order chi connectivity index (χ1) is 32.2. The summed E-state index contributed by atoms with van der Waals surface area (Å²) < 4.78 is 4.69. The van der Waals surface area contributed by atoms with E-state index in [2.05, 4.69) is 215 Å². The minimum atomic E-state index is -0.623. The van der Waals surface area contributed by atoms with Crippen LogP contribution >= 0.6 is 0 Å². The van der Waals surface area contributed by atoms with Crippen LogP contribution in [0.4, 0.5) is 0 Å². The second-order valence-electron chi connectivity index (χ2n) is 17.2. The lowest BCUT2D eigenvalue weighted by Crippen LogP contribution is -2.26. The zero-order valence-electron chi connectivity index (χ0n) is 34.9. The first-order valence-electron chi connectivity index (χ1n) is 22.1. The van der Waals surface area contributed by atoms with Crippen molar-refractivity contribution in [1.82, 2.24) is 19.1 Å². The molecule has 9 aromatic carbocycles. The summed E-state index contributed by atoms with van der Waals surface area (Å²) in [4.78, 5) is 11.1. The molecule has 0 atom stereocenters. The van der Waals surface area contributed by atoms with Crippen molar-refractivity contribution in [2.24, 2.45) is 0 Å². The molecule has 5 heteroatoms. The Hall–Kier alpha value is -8.85. The summed E-state index contributed by atoms with van der Waals surface area (Å²) in [6.07, 6.45) is 0. The largest absolute Gasteiger partial charge is 0.307 e. The molecule has 12 aromatic rings. The molecule has 65 heavy (non-hydrogen) atoms. The average Bonchev–Trinajstić information content (AvgIpc) is 4.08. The maximum atomic E-state index is 10.3. The normalized spacial score (nSPS) is 13.0. The van der Waals surface area contributed by atoms with Gasteiger partial charge in [-0.2, -0.15) is 5.26 Å². The molecule has 2 aliphatic rings. The maximum Gasteiger partial charge on any atom is 0.235 e. The zero-order valence-corrected chi connectivity index (χ0v) is 34.9. The third-order valence-electron chi connectivity index (χ3n) is 14.0. The number of benzene rings is 9. The van der Waals surface area contributed by atoms with Gasteiger partial charge in [0.05, 0.1) is 50.5 Å². The summed E-state index contributed by atoms with van der Waals surface area (Å²) in [5, 5.41) is 14.9. The Morgan fingerprint density at radius 1 is 0.385 bits per heavy atom. The number of hydrogen-bond acceptors (Lipinski definition) is 3. The molecule has 0 fully saturated rings. The van der Waals surface area contributed by atoms with E-state index in [0.717, 1.165) is 77.7 Å². The molecule has 3 aromatic heterocycles. The molecule has 0 saturated heterocycles. The zero-order chi connectivity index (χ0) is 42.8. The molecular formula is C60H35N5. The lowest BCUT2D eigenvalue weighted by molar-refractivity contribution is 0.793. The number of nitrogens with zero attached hydrogens (tertiary/aromatic N) is 5. The van der Waals surface area contributed by atoms with Crippen molar-refractivity contribution in [2.45, 2.75) is 5.41 Å². The van der Waals surface area contributed by atoms with Crippen molar-refractivity contribution in [3.8, 4) is 62.5 Å². The first-order valence-corrected chi connectivity index (χ1v) is 22.1. The highest BCUT2D eigenvalue weighted by Gasteiger charge is 2.51. The second-order valence-corrected chi connectivity index (χ2v) is 17.2. The molecule has 0 saturated carbocycles. The summed E-state index contributed by atoms with van der Waals surface area (Å²) >= 11 is 0. The summed E-state index contributed by atoms with van der Waals surface area (Å²) in [5.74, 6) is 0.596. The van der Waals surface area contributed by atoms with Gasteiger partial charge in [-0.1, -0.05) is 164 Å². The quantitative estimate of drug-likeness (QED) is 0.178. The number of nitriles is 1. The highest BCUT2D eigenvalue weighted by atomic mass is 15.2. The summed E-state index contributed by atoms with van der Waals surface area (Å²) in [6.45, 7) is 0. The van der Waals surface area contributed by atoms with Crippen LogP contribution in [-0.2, 0) is 5.41 Å². The molecule has 0 bridgehead atoms. The Bertz CT molecular complexity index is 3970. The smallest absolute Gasteiger partial charge is 0.235 e. The van der Waals surface area contributed by atoms with Gasteiger partial charge in [-0.3, -0.25) is 4.57 Å². The first kappa shape index (κ1) is 35.7. The Morgan fingerprint density at radius 2 is 0.892 bits per heavy atom. The summed E-state index contributed by atoms with van der Waals surface area (Å²) in [7, 11) is 0. The molecule has 0 amide bonds. The van der Waals surface area contributed by atoms with Gasteiger partial charge in [-0.05, 0) is 93.0 Å². The van der Waals surface area contributed by atoms with Crippen LogP contribution in [0.5, 0.6) is 0 Å². The molecule has 0 unspecified atom stereocenters. The molecule has 0 N–H and O–H groups in total. The van der Waals surface area contributed by atoms with Gasteiger partial charge < -0.3 is 4.57 Å². The highest BCUT2D eigenvalue weighted by Crippen LogP contribution is 2.63. The van der Waals surface area contributed by atoms with Crippen molar-refractivity contribution in [1.29, 1.82) is 5.26 Å². The lowest BCUT2D eigenvalue weighted by atomic mass is 9.70. The average molecular weight is 826 g/mol. The Balaban J connectivity index is 1.08. The molecule has 1 spiro atoms. The predicted molar refractivity (Wildman–Crippen MR) is 263 cm³/mol. The molecule has 3 heterocycles. The molecule has 14 rings (SSSR count). The van der Waals surface area contributed by atoms with Crippen LogP contribution in [0.15, 0.2) is 212 Å². The van der Waals surface area contributed by atoms with Gasteiger partial charge in [0.1, 0.15) is 0 Å². The number of fused-ring (bicyclic) bond motifs is 17. The van der Waals surface area contributed by atoms with Gasteiger partial charge >= 0.3 is 0 Å². The van der Waals surface area contributed by atoms with Crippen LogP contribution in [-0.4, -0.2) is 19.1 Å². The van der Waals surface area contributed by atoms with Gasteiger partial charge in [-0.15, -0.1) is 0 Å². The van der Waals surface area contributed by atoms with E-state index in [0.29, 0.717) is 11.5 Å². The Kier molecular flexibility index (Phi) is 7.32. The van der Waals surface area contributed by atoms with Crippen molar-refractivity contribution in [2.75, 3.05) is 0 Å². The lowest BCUT2D eigenvalue weighted by Gasteiger charge is -2.30. The maximum absolute atomic E-state index is 10.3. The van der Waals surface area contributed by atoms with E-state index in [1.54, 1.807) is 0 Å². The van der Waals surface area contributed by atoms with E-state index in [1.807, 2.05) is 12.1 Å². The van der Waals surface area contributed by atoms with Crippen LogP contribution in [0.3, 0.4) is 0 Å². The SMILES string of the molecule is N#Cc1ccc2c(c1)C1(c3ccccc3-c3ccccc31)c1cc(-c3cc(-c4ccccc4)nc(-n4c5ccccc5c5ccc6c7ccccc7n(-c7ccccc7)c6c54)n3)ccc1-2. The molecule has 0 aliphatic heterocycles. The third-order valence-corrected chi connectivity index (χ3v) is 14.0. The van der Waals surface area contributed by atoms with Crippen LogP contribution < -0.4 is 0 Å². The van der Waals surface area contributed by atoms with Gasteiger partial charge in [0.25, 0.3) is 0 Å². The number of rotatable bonds is 4. The molecule has 0 radical (unpaired) electrons. The van der Waals surface area contributed by atoms with E-state index in [-0.39, 0.29) is 0 Å². The Morgan fingerprint density at radius 3 is 1.55 bits per heavy atom. The highest BCUT2D eigenvalue weighted by molar-refractivity contribution is 6.23. The summed E-state index contributed by atoms with van der Waals surface area (Å²) in [6, 6.07) is 78.1. The predicted octanol–water partition coefficient (Wildman–Crippen LogP) is 14.2. The topological polar surface area (TPSA) is 59.4 Å². The van der Waals surface area contributed by atoms with Gasteiger partial charge in [0.2, 0.25) is 5.95 Å². The van der Waals surface area contributed by atoms with Gasteiger partial charge in [0, 0.05) is 38.4 Å². The van der Waals surface area contributed by atoms with E-state index in [4.69, 9.17) is 9.97 Å². The minimum absolute atomic E-state index is 0.596. The molecule has 300 valence electrons. The summed E-state index contributed by atoms with van der Waals surface area (Å²) in [5.41, 5.74) is 18.6. The monoisotopic (exact) mass is 825 g/mol. The number of hydrogen-bond donors (Lipinski definition) is 0. The fourth-order valence-electron chi connectivity index (χ4n) is 11.4. The fraction of sp³-hybridized carbons (Fsp3) is 0.0167. The van der Waals surface area contributed by atoms with Crippen molar-refractivity contribution in [3.05, 3.63) is 240 Å². The number of para-hydroxylation sites is 3. The van der Waals surface area contributed by atoms with E-state index >= 15 is 0 Å². The van der Waals surface area contributed by atoms with Gasteiger partial charge in [-0.25, -0.2) is 9.97 Å². The molecular weight excluding hydrogens is 791 g/mol. The third kappa shape index (κ3) is 4.80. The fourth-order valence-corrected chi connectivity index (χ4v) is 11.4. The molecule has 2 aliphatic carbocycles. The van der Waals surface area contributed by atoms with Crippen LogP contribution in [0.1, 0.15) is 27.8 Å². The van der Waals surface area contributed by atoms with E-state index < -0.39 is 5.41 Å². The van der Waals surface area contributed by atoms with Gasteiger partial charge in [0.15, 0.2) is 0 Å². The van der Waals surface area contributed by atoms with E-state index in [1.165, 1.54) is 38.6 Å². The Labute approximate surface area is 374 Å². The van der Waals surface area contributed by atoms with Crippen LogP contribution in [0, 0.1) is 11.3 Å². The molecule has 5 nitrogen and oxygen atoms in total. The van der Waals surface area contributed by atoms with E-state index in [9.17, 15) is 5.26 Å². The van der Waals surface area contributed by atoms with Crippen molar-refractivity contribution in [3.63, 3.8) is 0 Å². The van der Waals surface area contributed by atoms with Crippen molar-refractivity contribution >= 4 is 43.6 Å². The van der Waals surface area contributed by atoms with Crippen molar-refractivity contribution < 1.29 is 0 Å². The standard InChI is InChI=1S/C60H35N5/c61-36-37-27-29-43-44-30-28-39(34-52(44)60(51(43)33-37)49-23-11-7-19-41(49)42-20-8-12-24-50(42)60)54-35-53(38-15-3-1-4-16-38)62-59(63-54)65-56-26-14-10-22-46(56)48-32-31-47-45-21-9-13-25-55(45)64(57(47)58(48)65)40-17-5-2-6-18-40/h1-35H. The number of aromatic nitrogens is 4. The minimum Gasteiger partial charge on any atom is -0.307 e. The second kappa shape index (κ2) is 13.3. The van der Waals surface area contributed by atoms with Crippen LogP contribution in [0.2, 0.25) is 0 Å².